The van der Waals surface area contributed by atoms with Gasteiger partial charge in [-0.2, -0.15) is 0 Å². The zero-order valence-electron chi connectivity index (χ0n) is 25.6. The summed E-state index contributed by atoms with van der Waals surface area (Å²) in [5.74, 6) is -2.04. The zero-order valence-corrected chi connectivity index (χ0v) is 29.1. The molecule has 0 saturated carbocycles. The largest absolute Gasteiger partial charge is 0.481 e. The monoisotopic (exact) mass is 725 g/mol. The van der Waals surface area contributed by atoms with Crippen LogP contribution in [0.1, 0.15) is 159 Å². The molecule has 6 nitrogen and oxygen atoms in total. The third kappa shape index (κ3) is 26.7. The minimum atomic E-state index is -0.681. The molecule has 0 aromatic rings. The molecule has 221 valence electrons. The SMILES string of the molecule is CCCCCCC(C)(C)C(=O)O.CCCCCCC(C)(C)C(=O)O.CCCCCCC(C)(C)C(=O)O.[Bi]. The minimum Gasteiger partial charge on any atom is -0.481 e. The molecule has 0 aromatic carbocycles. The van der Waals surface area contributed by atoms with E-state index in [2.05, 4.69) is 20.8 Å². The van der Waals surface area contributed by atoms with Crippen molar-refractivity contribution in [2.75, 3.05) is 0 Å². The number of carboxylic acids is 3. The molecule has 0 fully saturated rings. The molecule has 0 aromatic heterocycles. The van der Waals surface area contributed by atoms with Crippen LogP contribution in [0.4, 0.5) is 0 Å². The Bertz CT molecular complexity index is 504. The number of aliphatic carboxylic acids is 3. The third-order valence-electron chi connectivity index (χ3n) is 6.70. The second-order valence-electron chi connectivity index (χ2n) is 12.0. The Hall–Kier alpha value is -0.707. The van der Waals surface area contributed by atoms with Crippen LogP contribution in [0.15, 0.2) is 0 Å². The molecule has 0 spiro atoms. The maximum atomic E-state index is 10.7. The molecule has 0 rings (SSSR count). The van der Waals surface area contributed by atoms with Crippen LogP contribution in [0.3, 0.4) is 0 Å². The molecule has 0 unspecified atom stereocenters. The maximum Gasteiger partial charge on any atom is 0.309 e. The predicted molar refractivity (Wildman–Crippen MR) is 156 cm³/mol. The van der Waals surface area contributed by atoms with E-state index < -0.39 is 34.2 Å². The van der Waals surface area contributed by atoms with E-state index >= 15 is 0 Å². The molecular weight excluding hydrogens is 665 g/mol. The van der Waals surface area contributed by atoms with Gasteiger partial charge < -0.3 is 15.3 Å². The van der Waals surface area contributed by atoms with Crippen molar-refractivity contribution >= 4 is 44.1 Å². The Balaban J connectivity index is -0.000000218. The molecule has 0 bridgehead atoms. The van der Waals surface area contributed by atoms with Gasteiger partial charge in [0.05, 0.1) is 16.2 Å². The summed E-state index contributed by atoms with van der Waals surface area (Å²) in [4.78, 5) is 32.1. The fourth-order valence-corrected chi connectivity index (χ4v) is 3.30. The van der Waals surface area contributed by atoms with Crippen molar-refractivity contribution in [1.82, 2.24) is 0 Å². The summed E-state index contributed by atoms with van der Waals surface area (Å²) >= 11 is 0. The first-order valence-electron chi connectivity index (χ1n) is 14.2. The van der Waals surface area contributed by atoms with Crippen LogP contribution in [0, 0.1) is 16.2 Å². The van der Waals surface area contributed by atoms with Gasteiger partial charge in [0.25, 0.3) is 0 Å². The number of hydrogen-bond acceptors (Lipinski definition) is 3. The molecule has 0 aliphatic heterocycles. The predicted octanol–water partition coefficient (Wildman–Crippen LogP) is 8.82. The van der Waals surface area contributed by atoms with Crippen LogP contribution >= 0.6 is 0 Å². The Morgan fingerprint density at radius 3 is 0.757 bits per heavy atom. The van der Waals surface area contributed by atoms with Gasteiger partial charge >= 0.3 is 17.9 Å². The van der Waals surface area contributed by atoms with E-state index in [1.54, 1.807) is 41.5 Å². The first-order chi connectivity index (χ1) is 16.5. The van der Waals surface area contributed by atoms with E-state index in [0.717, 1.165) is 57.8 Å². The van der Waals surface area contributed by atoms with Crippen LogP contribution in [0.25, 0.3) is 0 Å². The van der Waals surface area contributed by atoms with Gasteiger partial charge in [-0.05, 0) is 60.8 Å². The summed E-state index contributed by atoms with van der Waals surface area (Å²) in [6.45, 7) is 17.2. The van der Waals surface area contributed by atoms with E-state index in [0.29, 0.717) is 0 Å². The molecule has 0 amide bonds. The standard InChI is InChI=1S/3C10H20O2.Bi/c3*1-4-5-6-7-8-10(2,3)9(11)12;/h3*4-8H2,1-3H3,(H,11,12);. The van der Waals surface area contributed by atoms with Crippen molar-refractivity contribution in [3.05, 3.63) is 0 Å². The average Bonchev–Trinajstić information content (AvgIpc) is 2.78. The van der Waals surface area contributed by atoms with Crippen LogP contribution in [-0.4, -0.2) is 59.4 Å². The second kappa shape index (κ2) is 24.3. The summed E-state index contributed by atoms with van der Waals surface area (Å²) < 4.78 is 0. The number of hydrogen-bond donors (Lipinski definition) is 3. The Morgan fingerprint density at radius 2 is 0.622 bits per heavy atom. The van der Waals surface area contributed by atoms with Crippen LogP contribution in [0.5, 0.6) is 0 Å². The molecule has 0 aliphatic carbocycles. The topological polar surface area (TPSA) is 112 Å². The third-order valence-corrected chi connectivity index (χ3v) is 6.70. The van der Waals surface area contributed by atoms with Gasteiger partial charge in [-0.1, -0.05) is 97.8 Å². The molecule has 3 radical (unpaired) electrons. The number of carboxylic acid groups (broad SMARTS) is 3. The van der Waals surface area contributed by atoms with E-state index in [-0.39, 0.29) is 26.2 Å². The van der Waals surface area contributed by atoms with Crippen molar-refractivity contribution in [3.63, 3.8) is 0 Å². The summed E-state index contributed by atoms with van der Waals surface area (Å²) in [5.41, 5.74) is -1.60. The molecule has 0 heterocycles. The fraction of sp³-hybridized carbons (Fsp3) is 0.900. The number of unbranched alkanes of at least 4 members (excludes halogenated alkanes) is 9. The summed E-state index contributed by atoms with van der Waals surface area (Å²) in [7, 11) is 0. The summed E-state index contributed by atoms with van der Waals surface area (Å²) in [6, 6.07) is 0. The second-order valence-corrected chi connectivity index (χ2v) is 12.0. The van der Waals surface area contributed by atoms with Crippen LogP contribution in [0.2, 0.25) is 0 Å². The summed E-state index contributed by atoms with van der Waals surface area (Å²) in [5, 5.41) is 26.4. The maximum absolute atomic E-state index is 10.7. The van der Waals surface area contributed by atoms with Gasteiger partial charge in [0, 0.05) is 26.2 Å². The minimum absolute atomic E-state index is 0. The molecule has 3 N–H and O–H groups in total. The van der Waals surface area contributed by atoms with Crippen molar-refractivity contribution in [1.29, 1.82) is 0 Å². The Morgan fingerprint density at radius 1 is 0.432 bits per heavy atom. The molecule has 0 saturated heterocycles. The van der Waals surface area contributed by atoms with Crippen LogP contribution in [-0.2, 0) is 14.4 Å². The van der Waals surface area contributed by atoms with Gasteiger partial charge in [-0.25, -0.2) is 0 Å². The van der Waals surface area contributed by atoms with Crippen molar-refractivity contribution in [3.8, 4) is 0 Å². The van der Waals surface area contributed by atoms with E-state index in [1.807, 2.05) is 0 Å². The summed E-state index contributed by atoms with van der Waals surface area (Å²) in [6.07, 6.45) is 16.2. The van der Waals surface area contributed by atoms with E-state index in [9.17, 15) is 14.4 Å². The van der Waals surface area contributed by atoms with Gasteiger partial charge in [0.2, 0.25) is 0 Å². The van der Waals surface area contributed by atoms with Crippen molar-refractivity contribution in [2.45, 2.75) is 159 Å². The van der Waals surface area contributed by atoms with Gasteiger partial charge in [0.1, 0.15) is 0 Å². The zero-order chi connectivity index (χ0) is 28.8. The molecule has 7 heteroatoms. The Labute approximate surface area is 247 Å². The number of rotatable bonds is 18. The Kier molecular flexibility index (Phi) is 28.5. The molecule has 37 heavy (non-hydrogen) atoms. The molecule has 0 aliphatic rings. The van der Waals surface area contributed by atoms with Gasteiger partial charge in [-0.3, -0.25) is 14.4 Å². The average molecular weight is 726 g/mol. The number of carbonyl (C=O) groups is 3. The smallest absolute Gasteiger partial charge is 0.309 e. The van der Waals surface area contributed by atoms with E-state index in [4.69, 9.17) is 15.3 Å². The quantitative estimate of drug-likeness (QED) is 0.0962. The molecular formula is C30H60BiO6. The van der Waals surface area contributed by atoms with Gasteiger partial charge in [0.15, 0.2) is 0 Å². The van der Waals surface area contributed by atoms with Gasteiger partial charge in [-0.15, -0.1) is 0 Å². The van der Waals surface area contributed by atoms with Crippen molar-refractivity contribution in [2.24, 2.45) is 16.2 Å². The normalized spacial score (nSPS) is 11.3. The van der Waals surface area contributed by atoms with Crippen molar-refractivity contribution < 1.29 is 29.7 Å². The first kappa shape index (κ1) is 43.3. The van der Waals surface area contributed by atoms with Crippen LogP contribution < -0.4 is 0 Å². The fourth-order valence-electron chi connectivity index (χ4n) is 3.30. The first-order valence-corrected chi connectivity index (χ1v) is 14.2. The van der Waals surface area contributed by atoms with E-state index in [1.165, 1.54) is 38.5 Å². The molecule has 0 atom stereocenters.